The van der Waals surface area contributed by atoms with Gasteiger partial charge in [-0.15, -0.1) is 5.10 Å². The smallest absolute Gasteiger partial charge is 0.273 e. The number of para-hydroxylation sites is 1. The topological polar surface area (TPSA) is 116 Å². The van der Waals surface area contributed by atoms with Gasteiger partial charge in [0.1, 0.15) is 0 Å². The van der Waals surface area contributed by atoms with Crippen LogP contribution in [0.5, 0.6) is 0 Å². The summed E-state index contributed by atoms with van der Waals surface area (Å²) < 4.78 is 1.80. The van der Waals surface area contributed by atoms with E-state index in [1.165, 1.54) is 6.07 Å². The van der Waals surface area contributed by atoms with Gasteiger partial charge < -0.3 is 5.32 Å². The summed E-state index contributed by atoms with van der Waals surface area (Å²) in [6.45, 7) is 0. The quantitative estimate of drug-likeness (QED) is 0.531. The highest BCUT2D eigenvalue weighted by molar-refractivity contribution is 5.93. The predicted molar refractivity (Wildman–Crippen MR) is 97.0 cm³/mol. The van der Waals surface area contributed by atoms with Gasteiger partial charge in [-0.25, -0.2) is 4.68 Å². The lowest BCUT2D eigenvalue weighted by atomic mass is 10.1. The van der Waals surface area contributed by atoms with Gasteiger partial charge in [-0.2, -0.15) is 0 Å². The number of hydrogen-bond donors (Lipinski definition) is 1. The molecule has 1 N–H and O–H groups in total. The van der Waals surface area contributed by atoms with Crippen LogP contribution < -0.4 is 5.32 Å². The number of aromatic nitrogens is 4. The van der Waals surface area contributed by atoms with Crippen molar-refractivity contribution in [2.45, 2.75) is 25.3 Å². The van der Waals surface area contributed by atoms with Crippen LogP contribution in [0.4, 0.5) is 11.4 Å². The number of nitro benzene ring substituents is 1. The maximum atomic E-state index is 12.4. The highest BCUT2D eigenvalue weighted by Crippen LogP contribution is 2.36. The fourth-order valence-corrected chi connectivity index (χ4v) is 2.90. The molecule has 1 aliphatic carbocycles. The molecule has 3 aromatic rings. The van der Waals surface area contributed by atoms with Gasteiger partial charge in [0.2, 0.25) is 5.91 Å². The van der Waals surface area contributed by atoms with E-state index in [2.05, 4.69) is 20.8 Å². The molecule has 136 valence electrons. The molecule has 1 aromatic heterocycles. The number of anilines is 1. The summed E-state index contributed by atoms with van der Waals surface area (Å²) in [5.74, 6) is 0.329. The molecule has 1 aliphatic rings. The van der Waals surface area contributed by atoms with E-state index in [0.29, 0.717) is 23.1 Å². The highest BCUT2D eigenvalue weighted by Gasteiger charge is 2.28. The molecular formula is C18H16N6O3. The number of nitro groups is 1. The van der Waals surface area contributed by atoms with Crippen LogP contribution in [-0.2, 0) is 11.2 Å². The van der Waals surface area contributed by atoms with Crippen molar-refractivity contribution in [3.05, 3.63) is 64.2 Å². The van der Waals surface area contributed by atoms with Gasteiger partial charge in [-0.05, 0) is 35.4 Å². The number of nitrogens with one attached hydrogen (secondary N) is 1. The number of carbonyl (C=O) groups is 1. The standard InChI is InChI=1S/C18H16N6O3/c25-17(11-12-4-1-2-7-16(12)24(26)27)19-14-6-3-5-13(10-14)18-20-21-22-23(18)15-8-9-15/h1-7,10,15H,8-9,11H2,(H,19,25). The van der Waals surface area contributed by atoms with Crippen molar-refractivity contribution in [2.75, 3.05) is 5.32 Å². The lowest BCUT2D eigenvalue weighted by Crippen LogP contribution is -2.15. The van der Waals surface area contributed by atoms with Crippen LogP contribution in [-0.4, -0.2) is 31.0 Å². The third kappa shape index (κ3) is 3.66. The molecule has 1 fully saturated rings. The van der Waals surface area contributed by atoms with Gasteiger partial charge in [-0.3, -0.25) is 14.9 Å². The van der Waals surface area contributed by atoms with Gasteiger partial charge in [0.25, 0.3) is 5.69 Å². The molecule has 9 nitrogen and oxygen atoms in total. The number of carbonyl (C=O) groups excluding carboxylic acids is 1. The Morgan fingerprint density at radius 3 is 2.81 bits per heavy atom. The monoisotopic (exact) mass is 364 g/mol. The van der Waals surface area contributed by atoms with Crippen molar-refractivity contribution in [2.24, 2.45) is 0 Å². The summed E-state index contributed by atoms with van der Waals surface area (Å²) in [5, 5.41) is 25.7. The first kappa shape index (κ1) is 16.8. The van der Waals surface area contributed by atoms with Gasteiger partial charge >= 0.3 is 0 Å². The Morgan fingerprint density at radius 2 is 2.04 bits per heavy atom. The second-order valence-electron chi connectivity index (χ2n) is 6.37. The molecule has 0 spiro atoms. The van der Waals surface area contributed by atoms with E-state index in [1.54, 1.807) is 35.0 Å². The van der Waals surface area contributed by atoms with E-state index in [-0.39, 0.29) is 18.0 Å². The second-order valence-corrected chi connectivity index (χ2v) is 6.37. The minimum absolute atomic E-state index is 0.0648. The number of hydrogen-bond acceptors (Lipinski definition) is 6. The number of amides is 1. The summed E-state index contributed by atoms with van der Waals surface area (Å²) in [7, 11) is 0. The summed E-state index contributed by atoms with van der Waals surface area (Å²) in [6, 6.07) is 13.8. The maximum Gasteiger partial charge on any atom is 0.273 e. The molecule has 27 heavy (non-hydrogen) atoms. The Labute approximate surface area is 154 Å². The van der Waals surface area contributed by atoms with Gasteiger partial charge in [0, 0.05) is 22.9 Å². The van der Waals surface area contributed by atoms with E-state index in [4.69, 9.17) is 0 Å². The van der Waals surface area contributed by atoms with E-state index >= 15 is 0 Å². The first-order valence-corrected chi connectivity index (χ1v) is 8.52. The van der Waals surface area contributed by atoms with Gasteiger partial charge in [0.05, 0.1) is 17.4 Å². The average molecular weight is 364 g/mol. The Balaban J connectivity index is 1.51. The first-order chi connectivity index (χ1) is 13.1. The van der Waals surface area contributed by atoms with Crippen LogP contribution in [0.2, 0.25) is 0 Å². The number of nitrogens with zero attached hydrogens (tertiary/aromatic N) is 5. The third-order valence-corrected chi connectivity index (χ3v) is 4.33. The van der Waals surface area contributed by atoms with Crippen LogP contribution in [0.25, 0.3) is 11.4 Å². The number of benzene rings is 2. The van der Waals surface area contributed by atoms with Crippen LogP contribution in [0.3, 0.4) is 0 Å². The Kier molecular flexibility index (Phi) is 4.33. The Morgan fingerprint density at radius 1 is 1.22 bits per heavy atom. The van der Waals surface area contributed by atoms with Crippen LogP contribution in [0.15, 0.2) is 48.5 Å². The fraction of sp³-hybridized carbons (Fsp3) is 0.222. The van der Waals surface area contributed by atoms with Gasteiger partial charge in [-0.1, -0.05) is 30.3 Å². The zero-order valence-electron chi connectivity index (χ0n) is 14.3. The van der Waals surface area contributed by atoms with E-state index in [1.807, 2.05) is 12.1 Å². The zero-order valence-corrected chi connectivity index (χ0v) is 14.3. The molecule has 0 unspecified atom stereocenters. The maximum absolute atomic E-state index is 12.4. The normalized spacial score (nSPS) is 13.3. The molecule has 0 atom stereocenters. The molecule has 1 heterocycles. The zero-order chi connectivity index (χ0) is 18.8. The van der Waals surface area contributed by atoms with Crippen LogP contribution >= 0.6 is 0 Å². The third-order valence-electron chi connectivity index (χ3n) is 4.33. The largest absolute Gasteiger partial charge is 0.326 e. The van der Waals surface area contributed by atoms with Crippen LogP contribution in [0.1, 0.15) is 24.4 Å². The molecule has 0 bridgehead atoms. The number of rotatable bonds is 6. The summed E-state index contributed by atoms with van der Waals surface area (Å²) >= 11 is 0. The van der Waals surface area contributed by atoms with Crippen molar-refractivity contribution < 1.29 is 9.72 Å². The Bertz CT molecular complexity index is 1010. The van der Waals surface area contributed by atoms with Crippen molar-refractivity contribution >= 4 is 17.3 Å². The van der Waals surface area contributed by atoms with E-state index in [9.17, 15) is 14.9 Å². The SMILES string of the molecule is O=C(Cc1ccccc1[N+](=O)[O-])Nc1cccc(-c2nnnn2C2CC2)c1. The van der Waals surface area contributed by atoms with Crippen molar-refractivity contribution in [3.8, 4) is 11.4 Å². The minimum atomic E-state index is -0.485. The summed E-state index contributed by atoms with van der Waals surface area (Å²) in [6.07, 6.45) is 2.04. The molecule has 1 saturated carbocycles. The molecule has 2 aromatic carbocycles. The molecule has 0 aliphatic heterocycles. The van der Waals surface area contributed by atoms with Crippen molar-refractivity contribution in [1.29, 1.82) is 0 Å². The lowest BCUT2D eigenvalue weighted by Gasteiger charge is -2.08. The predicted octanol–water partition coefficient (Wildman–Crippen LogP) is 2.76. The van der Waals surface area contributed by atoms with Crippen LogP contribution in [0, 0.1) is 10.1 Å². The minimum Gasteiger partial charge on any atom is -0.326 e. The Hall–Kier alpha value is -3.62. The molecule has 1 amide bonds. The lowest BCUT2D eigenvalue weighted by molar-refractivity contribution is -0.385. The van der Waals surface area contributed by atoms with Crippen molar-refractivity contribution in [3.63, 3.8) is 0 Å². The second kappa shape index (κ2) is 6.94. The van der Waals surface area contributed by atoms with E-state index in [0.717, 1.165) is 18.4 Å². The fourth-order valence-electron chi connectivity index (χ4n) is 2.90. The van der Waals surface area contributed by atoms with E-state index < -0.39 is 4.92 Å². The highest BCUT2D eigenvalue weighted by atomic mass is 16.6. The summed E-state index contributed by atoms with van der Waals surface area (Å²) in [5.41, 5.74) is 1.69. The first-order valence-electron chi connectivity index (χ1n) is 8.52. The molecule has 0 saturated heterocycles. The summed E-state index contributed by atoms with van der Waals surface area (Å²) in [4.78, 5) is 23.0. The van der Waals surface area contributed by atoms with Crippen molar-refractivity contribution in [1.82, 2.24) is 20.2 Å². The van der Waals surface area contributed by atoms with Gasteiger partial charge in [0.15, 0.2) is 5.82 Å². The molecule has 4 rings (SSSR count). The average Bonchev–Trinajstić information content (AvgIpc) is 3.38. The molecular weight excluding hydrogens is 348 g/mol. The molecule has 9 heteroatoms. The molecule has 0 radical (unpaired) electrons. The number of tetrazole rings is 1.